The van der Waals surface area contributed by atoms with Crippen LogP contribution < -0.4 is 14.7 Å². The van der Waals surface area contributed by atoms with Crippen molar-refractivity contribution in [1.82, 2.24) is 0 Å². The molecule has 12 fully saturated rings. The largest absolute Gasteiger partial charge is 0.455 e. The van der Waals surface area contributed by atoms with E-state index in [1.807, 2.05) is 6.07 Å². The van der Waals surface area contributed by atoms with Gasteiger partial charge in [0, 0.05) is 83.2 Å². The molecule has 12 bridgehead atoms. The number of anilines is 9. The molecule has 0 radical (unpaired) electrons. The molecular weight excluding hydrogens is 1810 g/mol. The van der Waals surface area contributed by atoms with Crippen LogP contribution in [0.25, 0.3) is 142 Å². The summed E-state index contributed by atoms with van der Waals surface area (Å²) in [6, 6.07) is 167. The molecule has 0 unspecified atom stereocenters. The normalized spacial score (nSPS) is 24.1. The van der Waals surface area contributed by atoms with E-state index >= 15 is 0 Å². The molecule has 4 heteroatoms. The van der Waals surface area contributed by atoms with Crippen molar-refractivity contribution in [3.8, 4) is 55.6 Å². The third kappa shape index (κ3) is 13.4. The van der Waals surface area contributed by atoms with Gasteiger partial charge in [0.25, 0.3) is 0 Å². The zero-order valence-corrected chi connectivity index (χ0v) is 83.4. The molecule has 0 N–H and O–H groups in total. The molecule has 728 valence electrons. The third-order valence-electron chi connectivity index (χ3n) is 39.4. The number of para-hydroxylation sites is 2. The molecule has 15 aliphatic carbocycles. The minimum atomic E-state index is 0. The molecule has 21 aromatic carbocycles. The van der Waals surface area contributed by atoms with E-state index in [2.05, 4.69) is 451 Å². The van der Waals surface area contributed by atoms with Crippen molar-refractivity contribution in [2.45, 2.75) is 127 Å². The fourth-order valence-electron chi connectivity index (χ4n) is 34.4. The quantitative estimate of drug-likeness (QED) is 0.120. The predicted molar refractivity (Wildman–Crippen MR) is 630 cm³/mol. The lowest BCUT2D eigenvalue weighted by Gasteiger charge is -2.61. The highest BCUT2D eigenvalue weighted by molar-refractivity contribution is 6.16. The Labute approximate surface area is 880 Å². The summed E-state index contributed by atoms with van der Waals surface area (Å²) in [7, 11) is 0. The molecule has 0 atom stereocenters. The smallest absolute Gasteiger partial charge is 0.143 e. The molecule has 1 aromatic heterocycles. The first kappa shape index (κ1) is 89.6. The zero-order chi connectivity index (χ0) is 96.8. The Morgan fingerprint density at radius 1 is 0.173 bits per heavy atom. The molecule has 3 spiro atoms. The first-order valence-corrected chi connectivity index (χ1v) is 55.3. The van der Waals surface area contributed by atoms with Crippen LogP contribution in [0, 0.1) is 71.0 Å². The van der Waals surface area contributed by atoms with Gasteiger partial charge < -0.3 is 19.1 Å². The summed E-state index contributed by atoms with van der Waals surface area (Å²) in [6.45, 7) is 0. The fraction of sp³-hybridized carbons (Fsp3) is 0.219. The van der Waals surface area contributed by atoms with Crippen LogP contribution in [0.5, 0.6) is 0 Å². The van der Waals surface area contributed by atoms with Gasteiger partial charge in [0.1, 0.15) is 11.2 Å². The van der Waals surface area contributed by atoms with Gasteiger partial charge in [0.05, 0.1) is 11.4 Å². The van der Waals surface area contributed by atoms with Crippen molar-refractivity contribution < 1.29 is 4.42 Å². The second-order valence-corrected chi connectivity index (χ2v) is 46.5. The SMILES string of the molecule is C.C.c1ccc(-c2ccc(N(c3ccc4c(c3)-c3ccccc3C43C4CC5CC(C4)CC3C5)c3ccc4ccccc4c3)c3ccccc23)cc1.c1ccc2c(c1)-c1cc(N(c3ccc(-c4cccc5c4oc4ccccc45)cc3)c3ccc4ccccc4c3)ccc1C21C2CC3CC(C2)CC1C3.c1ccc2c(c1)-c1cc(N(c3ccc4ccccc4c3)c3cc4ccccc4c4ccccc34)ccc1C21C2CC3CC(C2)CC1C3. The van der Waals surface area contributed by atoms with Crippen molar-refractivity contribution >= 4 is 138 Å². The minimum Gasteiger partial charge on any atom is -0.455 e. The molecular formula is C146H123N3O. The summed E-state index contributed by atoms with van der Waals surface area (Å²) in [5.74, 6) is 10.3. The fourth-order valence-corrected chi connectivity index (χ4v) is 34.4. The molecule has 37 rings (SSSR count). The van der Waals surface area contributed by atoms with E-state index in [0.717, 1.165) is 110 Å². The summed E-state index contributed by atoms with van der Waals surface area (Å²) in [5.41, 5.74) is 36.4. The van der Waals surface area contributed by atoms with E-state index in [-0.39, 0.29) is 31.1 Å². The average Bonchev–Trinajstić information content (AvgIpc) is 1.52. The maximum Gasteiger partial charge on any atom is 0.143 e. The first-order chi connectivity index (χ1) is 73.2. The third-order valence-corrected chi connectivity index (χ3v) is 39.4. The number of hydrogen-bond acceptors (Lipinski definition) is 4. The molecule has 22 aromatic rings. The number of hydrogen-bond donors (Lipinski definition) is 0. The van der Waals surface area contributed by atoms with Crippen molar-refractivity contribution in [1.29, 1.82) is 0 Å². The van der Waals surface area contributed by atoms with Crippen LogP contribution >= 0.6 is 0 Å². The van der Waals surface area contributed by atoms with Gasteiger partial charge in [-0.15, -0.1) is 0 Å². The van der Waals surface area contributed by atoms with E-state index in [1.54, 1.807) is 33.4 Å². The van der Waals surface area contributed by atoms with Crippen molar-refractivity contribution in [2.24, 2.45) is 71.0 Å². The molecule has 1 heterocycles. The Bertz CT molecular complexity index is 9130. The number of rotatable bonds is 11. The highest BCUT2D eigenvalue weighted by atomic mass is 16.3. The van der Waals surface area contributed by atoms with E-state index in [4.69, 9.17) is 4.42 Å². The van der Waals surface area contributed by atoms with Crippen LogP contribution in [0.2, 0.25) is 0 Å². The minimum absolute atomic E-state index is 0. The van der Waals surface area contributed by atoms with Crippen molar-refractivity contribution in [3.63, 3.8) is 0 Å². The van der Waals surface area contributed by atoms with Gasteiger partial charge in [-0.1, -0.05) is 355 Å². The Morgan fingerprint density at radius 3 is 0.947 bits per heavy atom. The Balaban J connectivity index is 0.000000103. The van der Waals surface area contributed by atoms with Gasteiger partial charge in [-0.3, -0.25) is 0 Å². The molecule has 0 amide bonds. The molecule has 4 nitrogen and oxygen atoms in total. The second-order valence-electron chi connectivity index (χ2n) is 46.5. The van der Waals surface area contributed by atoms with Crippen LogP contribution in [0.4, 0.5) is 51.2 Å². The molecule has 150 heavy (non-hydrogen) atoms. The number of furan rings is 1. The number of nitrogens with zero attached hydrogens (tertiary/aromatic N) is 3. The summed E-state index contributed by atoms with van der Waals surface area (Å²) in [4.78, 5) is 7.52. The molecule has 0 aliphatic heterocycles. The van der Waals surface area contributed by atoms with Crippen LogP contribution in [0.1, 0.15) is 145 Å². The lowest BCUT2D eigenvalue weighted by Crippen LogP contribution is -2.55. The topological polar surface area (TPSA) is 22.9 Å². The molecule has 12 saturated carbocycles. The van der Waals surface area contributed by atoms with Gasteiger partial charge >= 0.3 is 0 Å². The van der Waals surface area contributed by atoms with Crippen molar-refractivity contribution in [3.05, 3.63) is 476 Å². The van der Waals surface area contributed by atoms with Crippen LogP contribution in [0.15, 0.2) is 447 Å². The Hall–Kier alpha value is -15.6. The molecule has 0 saturated heterocycles. The lowest BCUT2D eigenvalue weighted by atomic mass is 9.43. The zero-order valence-electron chi connectivity index (χ0n) is 83.4. The lowest BCUT2D eigenvalue weighted by molar-refractivity contribution is -0.0399. The Kier molecular flexibility index (Phi) is 20.7. The standard InChI is InChI=1S/C50H39NO.C48H39N.C46H37N.2CH4/c1-2-9-35-29-39(21-16-33(35)8-1)51(38-19-17-34(18-20-38)41-12-7-13-44-43-11-4-6-15-48(43)52-49(41)44)40-22-23-47-45(30-40)42-10-3-5-14-46(42)50(47)36-25-31-24-32(27-36)28-37(50)26-31;1-2-11-34(12-3-1)40-21-23-47(43-16-7-6-14-41(40)43)49(38-19-18-33-10-4-5-13-35(33)29-38)39-20-22-46-44(30-39)42-15-8-9-17-45(42)48(46)36-25-31-24-32(27-36)28-37(48)26-31;1-2-10-32-26-36(18-17-31(32)9-1)47(45-27-33-11-3-4-12-38(33)39-13-5-6-15-41(39)45)37-19-20-44-42(28-37)40-14-7-8-16-43(40)46(44)34-22-29-21-30(24-34)25-35(46)23-29;;/h1-23,29-32,36-37H,24-28H2;1-23,29-32,36-37H,24-28H2;1-20,26-30,34-35H,21-25H2;2*1H4. The van der Waals surface area contributed by atoms with E-state index in [9.17, 15) is 0 Å². The Morgan fingerprint density at radius 2 is 0.487 bits per heavy atom. The van der Waals surface area contributed by atoms with Crippen LogP contribution in [-0.2, 0) is 16.2 Å². The number of fused-ring (bicyclic) bond motifs is 19. The number of benzene rings is 21. The summed E-state index contributed by atoms with van der Waals surface area (Å²) < 4.78 is 6.44. The van der Waals surface area contributed by atoms with Crippen LogP contribution in [-0.4, -0.2) is 0 Å². The second kappa shape index (κ2) is 34.7. The van der Waals surface area contributed by atoms with E-state index in [0.29, 0.717) is 0 Å². The molecule has 15 aliphatic rings. The summed E-state index contributed by atoms with van der Waals surface area (Å²) in [6.07, 6.45) is 21.3. The van der Waals surface area contributed by atoms with Crippen LogP contribution in [0.3, 0.4) is 0 Å². The van der Waals surface area contributed by atoms with Gasteiger partial charge in [-0.25, -0.2) is 0 Å². The van der Waals surface area contributed by atoms with Gasteiger partial charge in [-0.05, 0) is 408 Å². The van der Waals surface area contributed by atoms with Gasteiger partial charge in [0.15, 0.2) is 0 Å². The predicted octanol–water partition coefficient (Wildman–Crippen LogP) is 40.1. The van der Waals surface area contributed by atoms with E-state index in [1.165, 1.54) is 251 Å². The maximum atomic E-state index is 6.44. The van der Waals surface area contributed by atoms with E-state index < -0.39 is 0 Å². The summed E-state index contributed by atoms with van der Waals surface area (Å²) >= 11 is 0. The van der Waals surface area contributed by atoms with Gasteiger partial charge in [-0.2, -0.15) is 0 Å². The maximum absolute atomic E-state index is 6.44. The first-order valence-electron chi connectivity index (χ1n) is 55.3. The monoisotopic (exact) mass is 1930 g/mol. The van der Waals surface area contributed by atoms with Gasteiger partial charge in [0.2, 0.25) is 0 Å². The van der Waals surface area contributed by atoms with Crippen molar-refractivity contribution in [2.75, 3.05) is 14.7 Å². The highest BCUT2D eigenvalue weighted by Crippen LogP contribution is 2.74. The average molecular weight is 1940 g/mol. The summed E-state index contributed by atoms with van der Waals surface area (Å²) in [5, 5.41) is 17.6. The highest BCUT2D eigenvalue weighted by Gasteiger charge is 2.65.